The van der Waals surface area contributed by atoms with Gasteiger partial charge in [-0.3, -0.25) is 24.6 Å². The minimum Gasteiger partial charge on any atom is -0.354 e. The Morgan fingerprint density at radius 2 is 1.83 bits per heavy atom. The van der Waals surface area contributed by atoms with Crippen molar-refractivity contribution in [3.05, 3.63) is 77.5 Å². The highest BCUT2D eigenvalue weighted by molar-refractivity contribution is 6.11. The van der Waals surface area contributed by atoms with Crippen molar-refractivity contribution in [3.63, 3.8) is 0 Å². The van der Waals surface area contributed by atoms with Crippen molar-refractivity contribution in [1.29, 1.82) is 0 Å². The van der Waals surface area contributed by atoms with E-state index in [9.17, 15) is 14.0 Å². The van der Waals surface area contributed by atoms with E-state index < -0.39 is 11.7 Å². The summed E-state index contributed by atoms with van der Waals surface area (Å²) >= 11 is 0. The molecule has 8 nitrogen and oxygen atoms in total. The monoisotopic (exact) mass is 472 g/mol. The average Bonchev–Trinajstić information content (AvgIpc) is 3.54. The molecule has 0 aliphatic carbocycles. The lowest BCUT2D eigenvalue weighted by atomic mass is 10.0. The number of benzene rings is 2. The first-order valence-electron chi connectivity index (χ1n) is 11.5. The Labute approximate surface area is 201 Å². The van der Waals surface area contributed by atoms with E-state index in [1.807, 2.05) is 24.3 Å². The van der Waals surface area contributed by atoms with Gasteiger partial charge in [0.2, 0.25) is 0 Å². The summed E-state index contributed by atoms with van der Waals surface area (Å²) in [4.78, 5) is 31.2. The molecule has 0 radical (unpaired) electrons. The second-order valence-corrected chi connectivity index (χ2v) is 8.60. The lowest BCUT2D eigenvalue weighted by molar-refractivity contribution is 0.0957. The van der Waals surface area contributed by atoms with Gasteiger partial charge in [-0.1, -0.05) is 18.2 Å². The van der Waals surface area contributed by atoms with Gasteiger partial charge in [-0.2, -0.15) is 5.10 Å². The second-order valence-electron chi connectivity index (χ2n) is 8.60. The zero-order chi connectivity index (χ0) is 24.4. The van der Waals surface area contributed by atoms with Crippen LogP contribution in [-0.4, -0.2) is 52.0 Å². The van der Waals surface area contributed by atoms with Gasteiger partial charge in [0.05, 0.1) is 5.52 Å². The molecule has 35 heavy (non-hydrogen) atoms. The van der Waals surface area contributed by atoms with Crippen LogP contribution < -0.4 is 10.6 Å². The number of aromatic amines is 1. The van der Waals surface area contributed by atoms with Crippen LogP contribution in [0.25, 0.3) is 22.0 Å². The maximum atomic E-state index is 14.8. The van der Waals surface area contributed by atoms with Crippen LogP contribution in [0, 0.1) is 5.82 Å². The van der Waals surface area contributed by atoms with Gasteiger partial charge in [0.25, 0.3) is 11.8 Å². The third-order valence-corrected chi connectivity index (χ3v) is 6.22. The lowest BCUT2D eigenvalue weighted by Crippen LogP contribution is -2.18. The number of fused-ring (bicyclic) bond motifs is 1. The third-order valence-electron chi connectivity index (χ3n) is 6.22. The molecule has 3 N–H and O–H groups in total. The molecule has 178 valence electrons. The van der Waals surface area contributed by atoms with Crippen LogP contribution >= 0.6 is 0 Å². The number of hydrogen-bond acceptors (Lipinski definition) is 5. The summed E-state index contributed by atoms with van der Waals surface area (Å²) in [5.74, 6) is -1.21. The molecule has 1 aliphatic rings. The molecule has 2 amide bonds. The standard InChI is InChI=1S/C26H25FN6O2/c1-28-25(34)22-9-6-17(14-29-22)19-12-20-23(13-21(19)27)31-32-24(20)26(35)30-18-7-4-16(5-8-18)15-33-10-2-3-11-33/h4-9,12-14H,2-3,10-11,15H2,1H3,(H,28,34)(H,30,35)(H,31,32). The Morgan fingerprint density at radius 3 is 2.51 bits per heavy atom. The van der Waals surface area contributed by atoms with Crippen LogP contribution in [0.1, 0.15) is 39.4 Å². The first kappa shape index (κ1) is 22.7. The highest BCUT2D eigenvalue weighted by Gasteiger charge is 2.18. The minimum absolute atomic E-state index is 0.164. The SMILES string of the molecule is CNC(=O)c1ccc(-c2cc3c(C(=O)Nc4ccc(CN5CCCC5)cc4)n[nH]c3cc2F)cn1. The summed E-state index contributed by atoms with van der Waals surface area (Å²) in [6.07, 6.45) is 3.92. The number of halogens is 1. The summed E-state index contributed by atoms with van der Waals surface area (Å²) in [6, 6.07) is 13.8. The Morgan fingerprint density at radius 1 is 1.06 bits per heavy atom. The Balaban J connectivity index is 1.36. The molecular formula is C26H25FN6O2. The quantitative estimate of drug-likeness (QED) is 0.394. The van der Waals surface area contributed by atoms with E-state index in [1.165, 1.54) is 43.8 Å². The number of amides is 2. The summed E-state index contributed by atoms with van der Waals surface area (Å²) in [7, 11) is 1.51. The van der Waals surface area contributed by atoms with E-state index in [-0.39, 0.29) is 22.9 Å². The van der Waals surface area contributed by atoms with Gasteiger partial charge in [-0.15, -0.1) is 0 Å². The molecule has 3 heterocycles. The maximum Gasteiger partial charge on any atom is 0.276 e. The van der Waals surface area contributed by atoms with Gasteiger partial charge < -0.3 is 10.6 Å². The van der Waals surface area contributed by atoms with Crippen molar-refractivity contribution in [2.75, 3.05) is 25.5 Å². The van der Waals surface area contributed by atoms with Crippen molar-refractivity contribution in [1.82, 2.24) is 25.4 Å². The Hall–Kier alpha value is -4.11. The predicted molar refractivity (Wildman–Crippen MR) is 132 cm³/mol. The highest BCUT2D eigenvalue weighted by Crippen LogP contribution is 2.29. The van der Waals surface area contributed by atoms with Crippen LogP contribution in [0.5, 0.6) is 0 Å². The van der Waals surface area contributed by atoms with E-state index in [1.54, 1.807) is 12.1 Å². The maximum absolute atomic E-state index is 14.8. The van der Waals surface area contributed by atoms with Gasteiger partial charge in [0.15, 0.2) is 5.69 Å². The molecule has 9 heteroatoms. The summed E-state index contributed by atoms with van der Waals surface area (Å²) in [5.41, 5.74) is 3.41. The summed E-state index contributed by atoms with van der Waals surface area (Å²) < 4.78 is 14.8. The largest absolute Gasteiger partial charge is 0.354 e. The molecule has 0 unspecified atom stereocenters. The molecule has 1 saturated heterocycles. The Kier molecular flexibility index (Phi) is 6.24. The number of carbonyl (C=O) groups excluding carboxylic acids is 2. The van der Waals surface area contributed by atoms with Crippen LogP contribution in [0.4, 0.5) is 10.1 Å². The number of pyridine rings is 1. The fourth-order valence-corrected chi connectivity index (χ4v) is 4.33. The molecule has 0 saturated carbocycles. The van der Waals surface area contributed by atoms with Gasteiger partial charge >= 0.3 is 0 Å². The molecule has 2 aromatic heterocycles. The van der Waals surface area contributed by atoms with E-state index in [2.05, 4.69) is 30.7 Å². The normalized spacial score (nSPS) is 13.8. The van der Waals surface area contributed by atoms with Crippen LogP contribution in [-0.2, 0) is 6.54 Å². The van der Waals surface area contributed by atoms with E-state index >= 15 is 0 Å². The van der Waals surface area contributed by atoms with Gasteiger partial charge in [-0.05, 0) is 55.8 Å². The molecular weight excluding hydrogens is 447 g/mol. The van der Waals surface area contributed by atoms with Crippen molar-refractivity contribution >= 4 is 28.4 Å². The van der Waals surface area contributed by atoms with Gasteiger partial charge in [0.1, 0.15) is 11.5 Å². The van der Waals surface area contributed by atoms with Crippen molar-refractivity contribution < 1.29 is 14.0 Å². The first-order chi connectivity index (χ1) is 17.0. The number of anilines is 1. The molecule has 4 aromatic rings. The molecule has 1 fully saturated rings. The average molecular weight is 473 g/mol. The van der Waals surface area contributed by atoms with Crippen molar-refractivity contribution in [2.45, 2.75) is 19.4 Å². The lowest BCUT2D eigenvalue weighted by Gasteiger charge is -2.14. The topological polar surface area (TPSA) is 103 Å². The highest BCUT2D eigenvalue weighted by atomic mass is 19.1. The second kappa shape index (κ2) is 9.63. The van der Waals surface area contributed by atoms with Crippen LogP contribution in [0.2, 0.25) is 0 Å². The number of rotatable bonds is 6. The number of aromatic nitrogens is 3. The zero-order valence-corrected chi connectivity index (χ0v) is 19.3. The minimum atomic E-state index is -0.490. The number of H-pyrrole nitrogens is 1. The number of nitrogens with zero attached hydrogens (tertiary/aromatic N) is 3. The van der Waals surface area contributed by atoms with Crippen molar-refractivity contribution in [2.24, 2.45) is 0 Å². The molecule has 2 aromatic carbocycles. The summed E-state index contributed by atoms with van der Waals surface area (Å²) in [5, 5.41) is 12.7. The summed E-state index contributed by atoms with van der Waals surface area (Å²) in [6.45, 7) is 3.16. The molecule has 0 spiro atoms. The van der Waals surface area contributed by atoms with E-state index in [4.69, 9.17) is 0 Å². The predicted octanol–water partition coefficient (Wildman–Crippen LogP) is 3.97. The third kappa shape index (κ3) is 4.76. The van der Waals surface area contributed by atoms with Crippen LogP contribution in [0.15, 0.2) is 54.7 Å². The fraction of sp³-hybridized carbons (Fsp3) is 0.231. The van der Waals surface area contributed by atoms with E-state index in [0.29, 0.717) is 22.2 Å². The Bertz CT molecular complexity index is 1380. The van der Waals surface area contributed by atoms with E-state index in [0.717, 1.165) is 19.6 Å². The van der Waals surface area contributed by atoms with Gasteiger partial charge in [-0.25, -0.2) is 4.39 Å². The molecule has 1 aliphatic heterocycles. The first-order valence-corrected chi connectivity index (χ1v) is 11.5. The zero-order valence-electron chi connectivity index (χ0n) is 19.3. The van der Waals surface area contributed by atoms with Crippen LogP contribution in [0.3, 0.4) is 0 Å². The number of nitrogens with one attached hydrogen (secondary N) is 3. The molecule has 5 rings (SSSR count). The number of hydrogen-bond donors (Lipinski definition) is 3. The van der Waals surface area contributed by atoms with Crippen molar-refractivity contribution in [3.8, 4) is 11.1 Å². The fourth-order valence-electron chi connectivity index (χ4n) is 4.33. The molecule has 0 atom stereocenters. The smallest absolute Gasteiger partial charge is 0.276 e. The van der Waals surface area contributed by atoms with Gasteiger partial charge in [0, 0.05) is 48.1 Å². The number of carbonyl (C=O) groups is 2. The molecule has 0 bridgehead atoms. The number of likely N-dealkylation sites (tertiary alicyclic amines) is 1.